The van der Waals surface area contributed by atoms with Crippen LogP contribution in [-0.2, 0) is 23.5 Å². The highest BCUT2D eigenvalue weighted by molar-refractivity contribution is 6.74. The number of epoxide rings is 1. The van der Waals surface area contributed by atoms with Crippen molar-refractivity contribution in [2.45, 2.75) is 83.1 Å². The number of carbonyl (C=O) groups excluding carboxylic acids is 2. The molecule has 2 radical (unpaired) electrons. The zero-order valence-corrected chi connectivity index (χ0v) is 20.7. The Labute approximate surface area is 186 Å². The summed E-state index contributed by atoms with van der Waals surface area (Å²) >= 11 is 0. The van der Waals surface area contributed by atoms with E-state index in [9.17, 15) is 14.7 Å². The first-order valence-electron chi connectivity index (χ1n) is 10.7. The average Bonchev–Trinajstić information content (AvgIpc) is 3.21. The number of rotatable bonds is 4. The summed E-state index contributed by atoms with van der Waals surface area (Å²) in [5.74, 6) is 4.88. The Bertz CT molecular complexity index is 852. The average molecular weight is 447 g/mol. The molecular weight excluding hydrogens is 412 g/mol. The van der Waals surface area contributed by atoms with Crippen molar-refractivity contribution in [2.24, 2.45) is 11.3 Å². The number of ether oxygens (including phenoxy) is 2. The molecule has 0 saturated carbocycles. The molecule has 31 heavy (non-hydrogen) atoms. The predicted molar refractivity (Wildman–Crippen MR) is 119 cm³/mol. The third-order valence-corrected chi connectivity index (χ3v) is 11.0. The third-order valence-electron chi connectivity index (χ3n) is 6.56. The second-order valence-electron chi connectivity index (χ2n) is 11.2. The van der Waals surface area contributed by atoms with Gasteiger partial charge in [0.1, 0.15) is 18.3 Å². The first-order chi connectivity index (χ1) is 14.0. The fourth-order valence-corrected chi connectivity index (χ4v) is 4.82. The Kier molecular flexibility index (Phi) is 5.89. The minimum absolute atomic E-state index is 0.0281. The fourth-order valence-electron chi connectivity index (χ4n) is 3.42. The summed E-state index contributed by atoms with van der Waals surface area (Å²) in [4.78, 5) is 25.0. The monoisotopic (exact) mass is 446 g/mol. The van der Waals surface area contributed by atoms with Crippen LogP contribution in [0.1, 0.15) is 41.5 Å². The summed E-state index contributed by atoms with van der Waals surface area (Å²) in [6.45, 7) is 15.8. The van der Waals surface area contributed by atoms with E-state index in [2.05, 4.69) is 45.7 Å². The Morgan fingerprint density at radius 1 is 1.19 bits per heavy atom. The van der Waals surface area contributed by atoms with E-state index in [4.69, 9.17) is 13.9 Å². The van der Waals surface area contributed by atoms with E-state index in [0.29, 0.717) is 0 Å². The van der Waals surface area contributed by atoms with E-state index < -0.39 is 43.1 Å². The Morgan fingerprint density at radius 2 is 1.84 bits per heavy atom. The fraction of sp³-hybridized carbons (Fsp3) is 0.667. The topological polar surface area (TPSA) is 85.4 Å². The van der Waals surface area contributed by atoms with Crippen molar-refractivity contribution in [3.8, 4) is 11.8 Å². The number of aliphatic hydroxyl groups excluding tert-OH is 1. The lowest BCUT2D eigenvalue weighted by molar-refractivity contribution is -0.154. The van der Waals surface area contributed by atoms with Crippen molar-refractivity contribution in [3.05, 3.63) is 25.0 Å². The highest BCUT2D eigenvalue weighted by atomic mass is 28.4. The van der Waals surface area contributed by atoms with Gasteiger partial charge in [0.2, 0.25) is 0 Å². The van der Waals surface area contributed by atoms with E-state index in [0.717, 1.165) is 0 Å². The van der Waals surface area contributed by atoms with E-state index in [1.54, 1.807) is 39.7 Å². The summed E-state index contributed by atoms with van der Waals surface area (Å²) in [6.07, 6.45) is 4.87. The minimum Gasteiger partial charge on any atom is -0.461 e. The molecule has 0 aromatic heterocycles. The van der Waals surface area contributed by atoms with Gasteiger partial charge >= 0.3 is 5.97 Å². The molecule has 1 heterocycles. The third kappa shape index (κ3) is 4.54. The van der Waals surface area contributed by atoms with Crippen molar-refractivity contribution in [1.82, 2.24) is 0 Å². The van der Waals surface area contributed by atoms with Crippen LogP contribution in [0.4, 0.5) is 0 Å². The number of fused-ring (bicyclic) bond motifs is 2. The number of allylic oxidation sites excluding steroid dienone is 1. The molecule has 0 bridgehead atoms. The zero-order chi connectivity index (χ0) is 23.5. The van der Waals surface area contributed by atoms with Crippen LogP contribution in [0, 0.1) is 36.0 Å². The molecule has 1 N–H and O–H groups in total. The zero-order valence-electron chi connectivity index (χ0n) is 19.7. The van der Waals surface area contributed by atoms with E-state index in [1.807, 2.05) is 0 Å². The molecule has 7 heteroatoms. The molecule has 1 fully saturated rings. The second kappa shape index (κ2) is 7.55. The van der Waals surface area contributed by atoms with Gasteiger partial charge in [-0.2, -0.15) is 0 Å². The van der Waals surface area contributed by atoms with Crippen LogP contribution < -0.4 is 0 Å². The van der Waals surface area contributed by atoms with Gasteiger partial charge in [-0.05, 0) is 57.5 Å². The van der Waals surface area contributed by atoms with Crippen LogP contribution >= 0.6 is 0 Å². The van der Waals surface area contributed by atoms with Crippen molar-refractivity contribution < 1.29 is 28.6 Å². The lowest BCUT2D eigenvalue weighted by Crippen LogP contribution is -2.54. The first kappa shape index (κ1) is 24.2. The Hall–Kier alpha value is -1.46. The molecular formula is C24H34O6Si. The predicted octanol–water partition coefficient (Wildman–Crippen LogP) is 3.02. The van der Waals surface area contributed by atoms with E-state index in [1.165, 1.54) is 6.08 Å². The van der Waals surface area contributed by atoms with Crippen LogP contribution in [0.2, 0.25) is 18.1 Å². The van der Waals surface area contributed by atoms with E-state index >= 15 is 0 Å². The molecule has 0 amide bonds. The highest BCUT2D eigenvalue weighted by Crippen LogP contribution is 2.47. The quantitative estimate of drug-likeness (QED) is 0.309. The number of aliphatic hydroxyl groups is 1. The van der Waals surface area contributed by atoms with Crippen LogP contribution in [0.25, 0.3) is 0 Å². The summed E-state index contributed by atoms with van der Waals surface area (Å²) in [5.41, 5.74) is -2.90. The van der Waals surface area contributed by atoms with Crippen LogP contribution in [0.3, 0.4) is 0 Å². The smallest absolute Gasteiger partial charge is 0.311 e. The van der Waals surface area contributed by atoms with E-state index in [-0.39, 0.29) is 23.4 Å². The summed E-state index contributed by atoms with van der Waals surface area (Å²) in [5, 5.41) is 10.7. The van der Waals surface area contributed by atoms with Gasteiger partial charge in [-0.1, -0.05) is 32.6 Å². The molecule has 0 aromatic carbocycles. The molecule has 6 nitrogen and oxygen atoms in total. The van der Waals surface area contributed by atoms with Gasteiger partial charge < -0.3 is 19.0 Å². The Balaban J connectivity index is 1.97. The van der Waals surface area contributed by atoms with Crippen LogP contribution in [-0.4, -0.2) is 55.2 Å². The summed E-state index contributed by atoms with van der Waals surface area (Å²) in [7, 11) is -2.36. The number of hydrogen-bond donors (Lipinski definition) is 1. The largest absolute Gasteiger partial charge is 0.461 e. The lowest BCUT2D eigenvalue weighted by Gasteiger charge is -2.44. The molecule has 5 atom stereocenters. The summed E-state index contributed by atoms with van der Waals surface area (Å²) in [6, 6.07) is 0. The molecule has 0 unspecified atom stereocenters. The van der Waals surface area contributed by atoms with Gasteiger partial charge in [0.25, 0.3) is 0 Å². The minimum atomic E-state index is -2.36. The van der Waals surface area contributed by atoms with Crippen LogP contribution in [0.5, 0.6) is 0 Å². The molecule has 0 spiro atoms. The number of hydrogen-bond acceptors (Lipinski definition) is 6. The lowest BCUT2D eigenvalue weighted by atomic mass is 9.84. The van der Waals surface area contributed by atoms with Gasteiger partial charge in [0, 0.05) is 6.42 Å². The number of esters is 1. The van der Waals surface area contributed by atoms with Crippen molar-refractivity contribution in [3.63, 3.8) is 0 Å². The maximum absolute atomic E-state index is 12.7. The highest BCUT2D eigenvalue weighted by Gasteiger charge is 2.60. The summed E-state index contributed by atoms with van der Waals surface area (Å²) < 4.78 is 18.0. The Morgan fingerprint density at radius 3 is 2.42 bits per heavy atom. The second-order valence-corrected chi connectivity index (χ2v) is 16.0. The normalized spacial score (nSPS) is 35.1. The molecule has 1 saturated heterocycles. The van der Waals surface area contributed by atoms with Crippen molar-refractivity contribution in [2.75, 3.05) is 6.61 Å². The first-order valence-corrected chi connectivity index (χ1v) is 13.6. The SMILES string of the molecule is CC(C)(C)C(=O)OC[C@]12C#C[C@]3(O[Si](C)(C)C(C)(C)C)C=CC(=O)[C@@H]3[C@@H](O)[CH][CH][C@H]1O2. The van der Waals surface area contributed by atoms with Gasteiger partial charge in [-0.15, -0.1) is 0 Å². The molecule has 2 aliphatic carbocycles. The number of ketones is 1. The molecule has 1 aliphatic heterocycles. The molecule has 0 aromatic rings. The van der Waals surface area contributed by atoms with Gasteiger partial charge in [-0.25, -0.2) is 0 Å². The maximum Gasteiger partial charge on any atom is 0.311 e. The van der Waals surface area contributed by atoms with Gasteiger partial charge in [-0.3, -0.25) is 9.59 Å². The van der Waals surface area contributed by atoms with Gasteiger partial charge in [0.15, 0.2) is 19.7 Å². The maximum atomic E-state index is 12.7. The molecule has 3 rings (SSSR count). The molecule has 170 valence electrons. The number of carbonyl (C=O) groups is 2. The van der Waals surface area contributed by atoms with Crippen molar-refractivity contribution >= 4 is 20.1 Å². The van der Waals surface area contributed by atoms with Gasteiger partial charge in [0.05, 0.1) is 17.4 Å². The standard InChI is InChI=1S/C24H34O6Si/c1-21(2,3)20(27)28-15-24-14-13-23(30-31(7,8)22(4,5)6)12-11-17(26)19(23)16(25)9-10-18(24)29-24/h9-12,16,18-19,25H,15H2,1-8H3/t16-,18+,19-,23+,24+/m0/s1. The molecule has 3 aliphatic rings. The van der Waals surface area contributed by atoms with Crippen molar-refractivity contribution in [1.29, 1.82) is 0 Å². The van der Waals surface area contributed by atoms with Crippen LogP contribution in [0.15, 0.2) is 12.2 Å².